The Morgan fingerprint density at radius 2 is 1.70 bits per heavy atom. The van der Waals surface area contributed by atoms with Gasteiger partial charge in [-0.15, -0.1) is 0 Å². The Morgan fingerprint density at radius 1 is 1.05 bits per heavy atom. The lowest BCUT2D eigenvalue weighted by Gasteiger charge is -2.33. The molecule has 2 nitrogen and oxygen atoms in total. The molecule has 1 aliphatic rings. The fourth-order valence-electron chi connectivity index (χ4n) is 3.26. The Hall–Kier alpha value is -0.860. The Bertz CT molecular complexity index is 366. The van der Waals surface area contributed by atoms with Crippen molar-refractivity contribution in [3.8, 4) is 0 Å². The number of likely N-dealkylation sites (N-methyl/N-ethyl adjacent to an activating group) is 1. The van der Waals surface area contributed by atoms with Gasteiger partial charge in [0.15, 0.2) is 0 Å². The van der Waals surface area contributed by atoms with Gasteiger partial charge in [-0.1, -0.05) is 50.5 Å². The van der Waals surface area contributed by atoms with Crippen LogP contribution in [-0.2, 0) is 13.0 Å². The minimum Gasteiger partial charge on any atom is -0.319 e. The van der Waals surface area contributed by atoms with Crippen LogP contribution in [0.5, 0.6) is 0 Å². The summed E-state index contributed by atoms with van der Waals surface area (Å²) in [5.41, 5.74) is 2.90. The summed E-state index contributed by atoms with van der Waals surface area (Å²) in [5.74, 6) is 0. The molecule has 20 heavy (non-hydrogen) atoms. The van der Waals surface area contributed by atoms with Crippen LogP contribution < -0.4 is 5.32 Å². The molecule has 0 heterocycles. The van der Waals surface area contributed by atoms with Crippen molar-refractivity contribution in [3.63, 3.8) is 0 Å². The van der Waals surface area contributed by atoms with Crippen LogP contribution in [-0.4, -0.2) is 31.1 Å². The van der Waals surface area contributed by atoms with Gasteiger partial charge in [-0.2, -0.15) is 0 Å². The highest BCUT2D eigenvalue weighted by molar-refractivity contribution is 5.22. The van der Waals surface area contributed by atoms with Crippen LogP contribution in [0.4, 0.5) is 0 Å². The van der Waals surface area contributed by atoms with E-state index in [1.165, 1.54) is 49.8 Å². The monoisotopic (exact) mass is 274 g/mol. The highest BCUT2D eigenvalue weighted by atomic mass is 15.1. The van der Waals surface area contributed by atoms with Crippen molar-refractivity contribution in [2.45, 2.75) is 58.0 Å². The summed E-state index contributed by atoms with van der Waals surface area (Å²) in [4.78, 5) is 2.67. The average molecular weight is 274 g/mol. The molecular formula is C18H30N2. The van der Waals surface area contributed by atoms with Crippen molar-refractivity contribution in [3.05, 3.63) is 35.4 Å². The molecule has 2 heteroatoms. The van der Waals surface area contributed by atoms with Gasteiger partial charge in [-0.05, 0) is 50.5 Å². The van der Waals surface area contributed by atoms with Crippen LogP contribution in [0.25, 0.3) is 0 Å². The number of benzene rings is 1. The van der Waals surface area contributed by atoms with E-state index in [0.717, 1.165) is 25.6 Å². The first-order chi connectivity index (χ1) is 9.83. The molecule has 1 fully saturated rings. The van der Waals surface area contributed by atoms with Crippen LogP contribution in [0.2, 0.25) is 0 Å². The van der Waals surface area contributed by atoms with Gasteiger partial charge in [-0.25, -0.2) is 0 Å². The molecule has 2 rings (SSSR count). The molecule has 0 unspecified atom stereocenters. The summed E-state index contributed by atoms with van der Waals surface area (Å²) in [6.07, 6.45) is 8.20. The van der Waals surface area contributed by atoms with Crippen LogP contribution in [0.3, 0.4) is 0 Å². The van der Waals surface area contributed by atoms with Crippen molar-refractivity contribution < 1.29 is 0 Å². The standard InChI is InChI=1S/C18H30N2/c1-3-20(18-7-5-4-6-8-18)15-17-11-9-16(10-12-17)13-14-19-2/h9-12,18-19H,3-8,13-15H2,1-2H3. The van der Waals surface area contributed by atoms with Gasteiger partial charge in [-0.3, -0.25) is 4.90 Å². The van der Waals surface area contributed by atoms with Crippen molar-refractivity contribution in [1.82, 2.24) is 10.2 Å². The minimum absolute atomic E-state index is 0.817. The average Bonchev–Trinajstić information content (AvgIpc) is 2.52. The molecule has 1 aromatic rings. The van der Waals surface area contributed by atoms with Gasteiger partial charge in [0.25, 0.3) is 0 Å². The van der Waals surface area contributed by atoms with Gasteiger partial charge < -0.3 is 5.32 Å². The van der Waals surface area contributed by atoms with Crippen LogP contribution >= 0.6 is 0 Å². The maximum Gasteiger partial charge on any atom is 0.0236 e. The summed E-state index contributed by atoms with van der Waals surface area (Å²) in [6.45, 7) is 5.65. The fraction of sp³-hybridized carbons (Fsp3) is 0.667. The Balaban J connectivity index is 1.89. The Kier molecular flexibility index (Phi) is 6.55. The van der Waals surface area contributed by atoms with Crippen molar-refractivity contribution in [1.29, 1.82) is 0 Å². The number of hydrogen-bond donors (Lipinski definition) is 1. The van der Waals surface area contributed by atoms with Gasteiger partial charge in [0.05, 0.1) is 0 Å². The zero-order chi connectivity index (χ0) is 14.2. The summed E-state index contributed by atoms with van der Waals surface area (Å²) in [6, 6.07) is 10.0. The van der Waals surface area contributed by atoms with Gasteiger partial charge in [0.2, 0.25) is 0 Å². The fourth-order valence-corrected chi connectivity index (χ4v) is 3.26. The van der Waals surface area contributed by atoms with E-state index in [2.05, 4.69) is 41.4 Å². The van der Waals surface area contributed by atoms with E-state index >= 15 is 0 Å². The largest absolute Gasteiger partial charge is 0.319 e. The third kappa shape index (κ3) is 4.60. The second-order valence-corrected chi connectivity index (χ2v) is 6.02. The van der Waals surface area contributed by atoms with Crippen LogP contribution in [0, 0.1) is 0 Å². The SMILES string of the molecule is CCN(Cc1ccc(CCNC)cc1)C1CCCCC1. The molecule has 0 spiro atoms. The molecule has 1 aliphatic carbocycles. The topological polar surface area (TPSA) is 15.3 Å². The Morgan fingerprint density at radius 3 is 2.30 bits per heavy atom. The van der Waals surface area contributed by atoms with Crippen molar-refractivity contribution >= 4 is 0 Å². The molecule has 0 bridgehead atoms. The predicted octanol–water partition coefficient (Wildman–Crippen LogP) is 3.60. The first kappa shape index (κ1) is 15.5. The summed E-state index contributed by atoms with van der Waals surface area (Å²) >= 11 is 0. The molecule has 0 radical (unpaired) electrons. The number of rotatable bonds is 7. The zero-order valence-corrected chi connectivity index (χ0v) is 13.2. The molecule has 1 aromatic carbocycles. The van der Waals surface area contributed by atoms with E-state index in [-0.39, 0.29) is 0 Å². The number of hydrogen-bond acceptors (Lipinski definition) is 2. The first-order valence-corrected chi connectivity index (χ1v) is 8.30. The summed E-state index contributed by atoms with van der Waals surface area (Å²) < 4.78 is 0. The van der Waals surface area contributed by atoms with E-state index in [4.69, 9.17) is 0 Å². The van der Waals surface area contributed by atoms with E-state index in [9.17, 15) is 0 Å². The lowest BCUT2D eigenvalue weighted by Crippen LogP contribution is -2.36. The molecular weight excluding hydrogens is 244 g/mol. The lowest BCUT2D eigenvalue weighted by atomic mass is 9.94. The molecule has 0 amide bonds. The molecule has 1 saturated carbocycles. The maximum absolute atomic E-state index is 3.21. The molecule has 0 atom stereocenters. The molecule has 0 aliphatic heterocycles. The maximum atomic E-state index is 3.21. The Labute approximate surface area is 124 Å². The highest BCUT2D eigenvalue weighted by Gasteiger charge is 2.19. The van der Waals surface area contributed by atoms with Gasteiger partial charge in [0, 0.05) is 12.6 Å². The third-order valence-electron chi connectivity index (χ3n) is 4.57. The zero-order valence-electron chi connectivity index (χ0n) is 13.2. The highest BCUT2D eigenvalue weighted by Crippen LogP contribution is 2.23. The van der Waals surface area contributed by atoms with Crippen LogP contribution in [0.15, 0.2) is 24.3 Å². The van der Waals surface area contributed by atoms with Crippen LogP contribution in [0.1, 0.15) is 50.2 Å². The van der Waals surface area contributed by atoms with E-state index in [1.54, 1.807) is 0 Å². The third-order valence-corrected chi connectivity index (χ3v) is 4.57. The molecule has 112 valence electrons. The van der Waals surface area contributed by atoms with Gasteiger partial charge >= 0.3 is 0 Å². The quantitative estimate of drug-likeness (QED) is 0.817. The van der Waals surface area contributed by atoms with E-state index < -0.39 is 0 Å². The lowest BCUT2D eigenvalue weighted by molar-refractivity contribution is 0.156. The van der Waals surface area contributed by atoms with Crippen molar-refractivity contribution in [2.75, 3.05) is 20.1 Å². The molecule has 1 N–H and O–H groups in total. The number of nitrogens with zero attached hydrogens (tertiary/aromatic N) is 1. The van der Waals surface area contributed by atoms with E-state index in [1.807, 2.05) is 7.05 Å². The normalized spacial score (nSPS) is 16.8. The minimum atomic E-state index is 0.817. The second kappa shape index (κ2) is 8.43. The smallest absolute Gasteiger partial charge is 0.0236 e. The molecule has 0 aromatic heterocycles. The predicted molar refractivity (Wildman–Crippen MR) is 87.0 cm³/mol. The first-order valence-electron chi connectivity index (χ1n) is 8.30. The molecule has 0 saturated heterocycles. The summed E-state index contributed by atoms with van der Waals surface area (Å²) in [7, 11) is 2.01. The summed E-state index contributed by atoms with van der Waals surface area (Å²) in [5, 5.41) is 3.21. The second-order valence-electron chi connectivity index (χ2n) is 6.02. The van der Waals surface area contributed by atoms with Gasteiger partial charge in [0.1, 0.15) is 0 Å². The number of nitrogens with one attached hydrogen (secondary N) is 1. The van der Waals surface area contributed by atoms with E-state index in [0.29, 0.717) is 0 Å². The van der Waals surface area contributed by atoms with Crippen molar-refractivity contribution in [2.24, 2.45) is 0 Å².